The van der Waals surface area contributed by atoms with E-state index in [0.29, 0.717) is 15.8 Å². The molecule has 0 fully saturated rings. The van der Waals surface area contributed by atoms with Gasteiger partial charge in [0.15, 0.2) is 6.10 Å². The molecule has 0 saturated carbocycles. The Morgan fingerprint density at radius 2 is 1.88 bits per heavy atom. The van der Waals surface area contributed by atoms with E-state index in [1.54, 1.807) is 42.5 Å². The summed E-state index contributed by atoms with van der Waals surface area (Å²) in [6.07, 6.45) is -1.05. The van der Waals surface area contributed by atoms with Gasteiger partial charge in [-0.15, -0.1) is 0 Å². The summed E-state index contributed by atoms with van der Waals surface area (Å²) >= 11 is 12.2. The highest BCUT2D eigenvalue weighted by Gasteiger charge is 2.37. The van der Waals surface area contributed by atoms with Crippen LogP contribution in [0.25, 0.3) is 0 Å². The predicted octanol–water partition coefficient (Wildman–Crippen LogP) is 4.45. The Balaban J connectivity index is 1.47. The fourth-order valence-corrected chi connectivity index (χ4v) is 5.25. The van der Waals surface area contributed by atoms with E-state index >= 15 is 0 Å². The highest BCUT2D eigenvalue weighted by molar-refractivity contribution is 7.92. The van der Waals surface area contributed by atoms with Crippen molar-refractivity contribution in [3.05, 3.63) is 82.3 Å². The van der Waals surface area contributed by atoms with Crippen molar-refractivity contribution >= 4 is 44.8 Å². The molecule has 0 spiro atoms. The molecular weight excluding hydrogens is 499 g/mol. The number of rotatable bonds is 7. The summed E-state index contributed by atoms with van der Waals surface area (Å²) < 4.78 is 39.3. The number of sulfonamides is 1. The lowest BCUT2D eigenvalue weighted by Crippen LogP contribution is -2.51. The molecule has 1 atom stereocenters. The molecule has 3 aromatic rings. The molecule has 0 bridgehead atoms. The lowest BCUT2D eigenvalue weighted by Gasteiger charge is -2.34. The van der Waals surface area contributed by atoms with Gasteiger partial charge >= 0.3 is 0 Å². The van der Waals surface area contributed by atoms with Gasteiger partial charge in [-0.2, -0.15) is 0 Å². The third kappa shape index (κ3) is 5.24. The number of ether oxygens (including phenoxy) is 2. The third-order valence-electron chi connectivity index (χ3n) is 5.23. The predicted molar refractivity (Wildman–Crippen MR) is 132 cm³/mol. The topological polar surface area (TPSA) is 84.9 Å². The van der Waals surface area contributed by atoms with Gasteiger partial charge in [0.25, 0.3) is 15.9 Å². The van der Waals surface area contributed by atoms with Crippen LogP contribution in [0, 0.1) is 6.92 Å². The second-order valence-electron chi connectivity index (χ2n) is 7.62. The molecule has 7 nitrogen and oxygen atoms in total. The maximum absolute atomic E-state index is 13.4. The number of benzene rings is 3. The van der Waals surface area contributed by atoms with E-state index in [1.165, 1.54) is 18.2 Å². The molecule has 1 amide bonds. The molecular formula is C24H22Cl2N2O5S. The van der Waals surface area contributed by atoms with E-state index in [2.05, 4.69) is 5.32 Å². The van der Waals surface area contributed by atoms with Crippen molar-refractivity contribution in [1.29, 1.82) is 0 Å². The lowest BCUT2D eigenvalue weighted by molar-refractivity contribution is -0.127. The summed E-state index contributed by atoms with van der Waals surface area (Å²) in [4.78, 5) is 12.9. The quantitative estimate of drug-likeness (QED) is 0.465. The first-order valence-corrected chi connectivity index (χ1v) is 12.7. The summed E-state index contributed by atoms with van der Waals surface area (Å²) in [7, 11) is -3.95. The SMILES string of the molecule is Cc1ccc(OCCNC(=O)[C@H]2CN(S(=O)(=O)c3ccccc3)c3cc(Cl)ccc3O2)cc1Cl. The number of amides is 1. The molecule has 1 aliphatic rings. The molecule has 4 rings (SSSR count). The molecule has 0 aliphatic carbocycles. The van der Waals surface area contributed by atoms with Crippen molar-refractivity contribution in [3.8, 4) is 11.5 Å². The molecule has 1 heterocycles. The minimum Gasteiger partial charge on any atom is -0.492 e. The first kappa shape index (κ1) is 24.2. The van der Waals surface area contributed by atoms with Crippen LogP contribution < -0.4 is 19.1 Å². The van der Waals surface area contributed by atoms with Gasteiger partial charge in [0, 0.05) is 10.0 Å². The van der Waals surface area contributed by atoms with E-state index < -0.39 is 22.0 Å². The van der Waals surface area contributed by atoms with Crippen LogP contribution in [-0.4, -0.2) is 40.1 Å². The van der Waals surface area contributed by atoms with Gasteiger partial charge in [-0.25, -0.2) is 8.42 Å². The van der Waals surface area contributed by atoms with Crippen molar-refractivity contribution in [2.45, 2.75) is 17.9 Å². The Labute approximate surface area is 208 Å². The van der Waals surface area contributed by atoms with Crippen LogP contribution >= 0.6 is 23.2 Å². The zero-order chi connectivity index (χ0) is 24.3. The van der Waals surface area contributed by atoms with E-state index in [0.717, 1.165) is 9.87 Å². The van der Waals surface area contributed by atoms with E-state index in [9.17, 15) is 13.2 Å². The van der Waals surface area contributed by atoms with Crippen LogP contribution in [0.3, 0.4) is 0 Å². The van der Waals surface area contributed by atoms with E-state index in [1.807, 2.05) is 13.0 Å². The van der Waals surface area contributed by atoms with Crippen molar-refractivity contribution in [2.75, 3.05) is 24.0 Å². The molecule has 0 saturated heterocycles. The van der Waals surface area contributed by atoms with Gasteiger partial charge < -0.3 is 14.8 Å². The molecule has 0 aromatic heterocycles. The zero-order valence-corrected chi connectivity index (χ0v) is 20.5. The number of nitrogens with one attached hydrogen (secondary N) is 1. The van der Waals surface area contributed by atoms with Crippen LogP contribution in [0.15, 0.2) is 71.6 Å². The largest absolute Gasteiger partial charge is 0.492 e. The molecule has 0 radical (unpaired) electrons. The summed E-state index contributed by atoms with van der Waals surface area (Å²) in [6.45, 7) is 2.09. The van der Waals surface area contributed by atoms with E-state index in [-0.39, 0.29) is 36.0 Å². The van der Waals surface area contributed by atoms with Crippen molar-refractivity contribution in [3.63, 3.8) is 0 Å². The average molecular weight is 521 g/mol. The van der Waals surface area contributed by atoms with Gasteiger partial charge in [0.05, 0.1) is 23.7 Å². The Morgan fingerprint density at radius 1 is 1.12 bits per heavy atom. The maximum Gasteiger partial charge on any atom is 0.264 e. The number of hydrogen-bond donors (Lipinski definition) is 1. The van der Waals surface area contributed by atoms with Gasteiger partial charge in [0.2, 0.25) is 0 Å². The van der Waals surface area contributed by atoms with Crippen molar-refractivity contribution in [1.82, 2.24) is 5.32 Å². The summed E-state index contributed by atoms with van der Waals surface area (Å²) in [5, 5.41) is 3.68. The molecule has 178 valence electrons. The van der Waals surface area contributed by atoms with Crippen molar-refractivity contribution < 1.29 is 22.7 Å². The molecule has 0 unspecified atom stereocenters. The number of carbonyl (C=O) groups excluding carboxylic acids is 1. The highest BCUT2D eigenvalue weighted by Crippen LogP contribution is 2.38. The summed E-state index contributed by atoms with van der Waals surface area (Å²) in [5.74, 6) is 0.380. The fraction of sp³-hybridized carbons (Fsp3) is 0.208. The lowest BCUT2D eigenvalue weighted by atomic mass is 10.2. The monoisotopic (exact) mass is 520 g/mol. The van der Waals surface area contributed by atoms with Crippen LogP contribution in [0.1, 0.15) is 5.56 Å². The standard InChI is InChI=1S/C24H22Cl2N2O5S/c1-16-7-9-18(14-20(16)26)32-12-11-27-24(29)23-15-28(21-13-17(25)8-10-22(21)33-23)34(30,31)19-5-3-2-4-6-19/h2-10,13-14,23H,11-12,15H2,1H3,(H,27,29)/t23-/m1/s1. The second kappa shape index (κ2) is 10.1. The first-order chi connectivity index (χ1) is 16.3. The van der Waals surface area contributed by atoms with E-state index in [4.69, 9.17) is 32.7 Å². The Morgan fingerprint density at radius 3 is 2.62 bits per heavy atom. The fourth-order valence-electron chi connectivity index (χ4n) is 3.43. The minimum atomic E-state index is -3.95. The Hall–Kier alpha value is -2.94. The average Bonchev–Trinajstić information content (AvgIpc) is 2.83. The number of nitrogens with zero attached hydrogens (tertiary/aromatic N) is 1. The van der Waals surface area contributed by atoms with Crippen LogP contribution in [0.2, 0.25) is 10.0 Å². The Kier molecular flexibility index (Phi) is 7.21. The molecule has 1 aliphatic heterocycles. The summed E-state index contributed by atoms with van der Waals surface area (Å²) in [5.41, 5.74) is 1.22. The van der Waals surface area contributed by atoms with Gasteiger partial charge in [-0.3, -0.25) is 9.10 Å². The normalized spacial score (nSPS) is 15.3. The highest BCUT2D eigenvalue weighted by atomic mass is 35.5. The van der Waals surface area contributed by atoms with Gasteiger partial charge in [0.1, 0.15) is 18.1 Å². The van der Waals surface area contributed by atoms with Crippen LogP contribution in [-0.2, 0) is 14.8 Å². The maximum atomic E-state index is 13.4. The number of anilines is 1. The third-order valence-corrected chi connectivity index (χ3v) is 7.66. The first-order valence-electron chi connectivity index (χ1n) is 10.5. The van der Waals surface area contributed by atoms with Gasteiger partial charge in [-0.1, -0.05) is 47.5 Å². The number of hydrogen-bond acceptors (Lipinski definition) is 5. The number of halogens is 2. The molecule has 34 heavy (non-hydrogen) atoms. The Bertz CT molecular complexity index is 1300. The molecule has 3 aromatic carbocycles. The van der Waals surface area contributed by atoms with Crippen LogP contribution in [0.5, 0.6) is 11.5 Å². The number of fused-ring (bicyclic) bond motifs is 1. The van der Waals surface area contributed by atoms with Crippen LogP contribution in [0.4, 0.5) is 5.69 Å². The minimum absolute atomic E-state index is 0.104. The second-order valence-corrected chi connectivity index (χ2v) is 10.3. The zero-order valence-electron chi connectivity index (χ0n) is 18.2. The smallest absolute Gasteiger partial charge is 0.264 e. The van der Waals surface area contributed by atoms with Gasteiger partial charge in [-0.05, 0) is 55.0 Å². The van der Waals surface area contributed by atoms with Crippen molar-refractivity contribution in [2.24, 2.45) is 0 Å². The summed E-state index contributed by atoms with van der Waals surface area (Å²) in [6, 6.07) is 18.0. The molecule has 10 heteroatoms. The number of carbonyl (C=O) groups is 1. The molecule has 1 N–H and O–H groups in total. The number of aryl methyl sites for hydroxylation is 1.